The van der Waals surface area contributed by atoms with Crippen LogP contribution in [0.15, 0.2) is 77.3 Å². The summed E-state index contributed by atoms with van der Waals surface area (Å²) in [5.41, 5.74) is 1.93. The van der Waals surface area contributed by atoms with Crippen LogP contribution in [0.25, 0.3) is 22.8 Å². The average molecular weight is 421 g/mol. The van der Waals surface area contributed by atoms with Crippen LogP contribution in [-0.2, 0) is 0 Å². The second-order valence-corrected chi connectivity index (χ2v) is 6.67. The molecule has 0 aliphatic heterocycles. The van der Waals surface area contributed by atoms with Crippen molar-refractivity contribution in [3.8, 4) is 22.8 Å². The van der Waals surface area contributed by atoms with Crippen molar-refractivity contribution in [3.05, 3.63) is 93.5 Å². The van der Waals surface area contributed by atoms with Crippen molar-refractivity contribution in [3.63, 3.8) is 0 Å². The van der Waals surface area contributed by atoms with Gasteiger partial charge in [-0.15, -0.1) is 0 Å². The number of benzene rings is 3. The number of hydrogen-bond acceptors (Lipinski definition) is 6. The molecule has 148 valence electrons. The second kappa shape index (κ2) is 8.14. The van der Waals surface area contributed by atoms with Crippen LogP contribution < -0.4 is 5.32 Å². The van der Waals surface area contributed by atoms with Crippen LogP contribution in [0.3, 0.4) is 0 Å². The number of halogens is 1. The minimum atomic E-state index is -0.523. The summed E-state index contributed by atoms with van der Waals surface area (Å²) in [6.07, 6.45) is 0. The molecule has 3 aromatic carbocycles. The maximum Gasteiger partial charge on any atom is 0.269 e. The molecule has 1 heterocycles. The van der Waals surface area contributed by atoms with Gasteiger partial charge in [0.05, 0.1) is 16.2 Å². The van der Waals surface area contributed by atoms with Crippen molar-refractivity contribution in [2.24, 2.45) is 0 Å². The maximum absolute atomic E-state index is 12.6. The predicted molar refractivity (Wildman–Crippen MR) is 111 cm³/mol. The first-order valence-electron chi connectivity index (χ1n) is 8.76. The fourth-order valence-corrected chi connectivity index (χ4v) is 2.88. The lowest BCUT2D eigenvalue weighted by molar-refractivity contribution is -0.384. The molecule has 0 atom stereocenters. The molecule has 0 aliphatic carbocycles. The van der Waals surface area contributed by atoms with E-state index in [2.05, 4.69) is 15.5 Å². The predicted octanol–water partition coefficient (Wildman–Crippen LogP) is 5.22. The van der Waals surface area contributed by atoms with E-state index >= 15 is 0 Å². The number of para-hydroxylation sites is 1. The van der Waals surface area contributed by atoms with Gasteiger partial charge in [0.1, 0.15) is 0 Å². The standard InChI is InChI=1S/C21H13ClN4O4/c22-15-9-5-13(6-10-15)19-24-21(30-25-19)17-3-1-2-4-18(17)23-20(27)14-7-11-16(12-8-14)26(28)29/h1-12H,(H,23,27). The first-order chi connectivity index (χ1) is 14.5. The fourth-order valence-electron chi connectivity index (χ4n) is 2.76. The van der Waals surface area contributed by atoms with Gasteiger partial charge >= 0.3 is 0 Å². The van der Waals surface area contributed by atoms with Gasteiger partial charge in [0.2, 0.25) is 5.82 Å². The zero-order chi connectivity index (χ0) is 21.1. The Morgan fingerprint density at radius 1 is 1.00 bits per heavy atom. The molecule has 1 amide bonds. The highest BCUT2D eigenvalue weighted by Gasteiger charge is 2.16. The molecule has 1 N–H and O–H groups in total. The van der Waals surface area contributed by atoms with Crippen molar-refractivity contribution in [1.82, 2.24) is 10.1 Å². The van der Waals surface area contributed by atoms with Crippen LogP contribution in [0.5, 0.6) is 0 Å². The third-order valence-electron chi connectivity index (χ3n) is 4.27. The number of rotatable bonds is 5. The SMILES string of the molecule is O=C(Nc1ccccc1-c1nc(-c2ccc(Cl)cc2)no1)c1ccc([N+](=O)[O-])cc1. The van der Waals surface area contributed by atoms with Crippen LogP contribution in [0.2, 0.25) is 5.02 Å². The monoisotopic (exact) mass is 420 g/mol. The number of nitrogens with zero attached hydrogens (tertiary/aromatic N) is 3. The summed E-state index contributed by atoms with van der Waals surface area (Å²) in [7, 11) is 0. The lowest BCUT2D eigenvalue weighted by atomic mass is 10.1. The van der Waals surface area contributed by atoms with E-state index in [0.717, 1.165) is 5.56 Å². The average Bonchev–Trinajstić information content (AvgIpc) is 3.24. The molecule has 0 bridgehead atoms. The largest absolute Gasteiger partial charge is 0.334 e. The van der Waals surface area contributed by atoms with Crippen molar-refractivity contribution >= 4 is 28.9 Å². The van der Waals surface area contributed by atoms with Crippen molar-refractivity contribution in [1.29, 1.82) is 0 Å². The highest BCUT2D eigenvalue weighted by atomic mass is 35.5. The summed E-state index contributed by atoms with van der Waals surface area (Å²) in [4.78, 5) is 27.2. The molecule has 8 nitrogen and oxygen atoms in total. The van der Waals surface area contributed by atoms with E-state index in [-0.39, 0.29) is 17.1 Å². The van der Waals surface area contributed by atoms with Crippen LogP contribution >= 0.6 is 11.6 Å². The first kappa shape index (κ1) is 19.3. The molecule has 0 aliphatic rings. The number of carbonyl (C=O) groups is 1. The zero-order valence-corrected chi connectivity index (χ0v) is 16.0. The lowest BCUT2D eigenvalue weighted by Crippen LogP contribution is -2.12. The summed E-state index contributed by atoms with van der Waals surface area (Å²) in [6, 6.07) is 19.3. The number of aromatic nitrogens is 2. The van der Waals surface area contributed by atoms with Crippen LogP contribution in [0.4, 0.5) is 11.4 Å². The topological polar surface area (TPSA) is 111 Å². The number of amides is 1. The zero-order valence-electron chi connectivity index (χ0n) is 15.3. The van der Waals surface area contributed by atoms with E-state index in [0.29, 0.717) is 22.1 Å². The molecule has 0 radical (unpaired) electrons. The van der Waals surface area contributed by atoms with Gasteiger partial charge in [-0.3, -0.25) is 14.9 Å². The normalized spacial score (nSPS) is 10.6. The van der Waals surface area contributed by atoms with Gasteiger partial charge in [-0.2, -0.15) is 4.98 Å². The van der Waals surface area contributed by atoms with Crippen molar-refractivity contribution in [2.75, 3.05) is 5.32 Å². The highest BCUT2D eigenvalue weighted by Crippen LogP contribution is 2.29. The molecule has 4 rings (SSSR count). The van der Waals surface area contributed by atoms with Gasteiger partial charge in [-0.25, -0.2) is 0 Å². The molecule has 0 saturated heterocycles. The van der Waals surface area contributed by atoms with E-state index < -0.39 is 10.8 Å². The summed E-state index contributed by atoms with van der Waals surface area (Å²) < 4.78 is 5.39. The second-order valence-electron chi connectivity index (χ2n) is 6.23. The van der Waals surface area contributed by atoms with Gasteiger partial charge in [0.25, 0.3) is 17.5 Å². The maximum atomic E-state index is 12.6. The van der Waals surface area contributed by atoms with Gasteiger partial charge in [0, 0.05) is 28.3 Å². The van der Waals surface area contributed by atoms with E-state index in [9.17, 15) is 14.9 Å². The number of nitro groups is 1. The van der Waals surface area contributed by atoms with Gasteiger partial charge < -0.3 is 9.84 Å². The molecular weight excluding hydrogens is 408 g/mol. The minimum absolute atomic E-state index is 0.0902. The molecule has 9 heteroatoms. The van der Waals surface area contributed by atoms with Crippen LogP contribution in [0, 0.1) is 10.1 Å². The highest BCUT2D eigenvalue weighted by molar-refractivity contribution is 6.30. The molecule has 0 fully saturated rings. The smallest absolute Gasteiger partial charge is 0.269 e. The number of hydrogen-bond donors (Lipinski definition) is 1. The molecule has 1 aromatic heterocycles. The molecule has 0 unspecified atom stereocenters. The Labute approximate surface area is 175 Å². The fraction of sp³-hybridized carbons (Fsp3) is 0. The lowest BCUT2D eigenvalue weighted by Gasteiger charge is -2.08. The molecule has 0 spiro atoms. The summed E-state index contributed by atoms with van der Waals surface area (Å²) >= 11 is 5.91. The molecule has 0 saturated carbocycles. The van der Waals surface area contributed by atoms with Crippen molar-refractivity contribution < 1.29 is 14.2 Å². The number of nitrogens with one attached hydrogen (secondary N) is 1. The summed E-state index contributed by atoms with van der Waals surface area (Å²) in [6.45, 7) is 0. The Kier molecular flexibility index (Phi) is 5.23. The minimum Gasteiger partial charge on any atom is -0.334 e. The van der Waals surface area contributed by atoms with Crippen LogP contribution in [0.1, 0.15) is 10.4 Å². The number of anilines is 1. The third kappa shape index (κ3) is 4.03. The van der Waals surface area contributed by atoms with E-state index in [1.807, 2.05) is 0 Å². The van der Waals surface area contributed by atoms with Gasteiger partial charge in [0.15, 0.2) is 0 Å². The Hall–Kier alpha value is -4.04. The molecular formula is C21H13ClN4O4. The molecule has 4 aromatic rings. The van der Waals surface area contributed by atoms with E-state index in [4.69, 9.17) is 16.1 Å². The Morgan fingerprint density at radius 2 is 1.70 bits per heavy atom. The first-order valence-corrected chi connectivity index (χ1v) is 9.14. The van der Waals surface area contributed by atoms with Gasteiger partial charge in [-0.05, 0) is 48.5 Å². The molecule has 30 heavy (non-hydrogen) atoms. The summed E-state index contributed by atoms with van der Waals surface area (Å²) in [5, 5.41) is 18.1. The van der Waals surface area contributed by atoms with Crippen LogP contribution in [-0.4, -0.2) is 21.0 Å². The van der Waals surface area contributed by atoms with E-state index in [1.165, 1.54) is 24.3 Å². The quantitative estimate of drug-likeness (QED) is 0.350. The Morgan fingerprint density at radius 3 is 2.40 bits per heavy atom. The third-order valence-corrected chi connectivity index (χ3v) is 4.53. The Balaban J connectivity index is 1.59. The number of carbonyl (C=O) groups excluding carboxylic acids is 1. The van der Waals surface area contributed by atoms with Crippen molar-refractivity contribution in [2.45, 2.75) is 0 Å². The number of nitro benzene ring substituents is 1. The number of non-ortho nitro benzene ring substituents is 1. The summed E-state index contributed by atoms with van der Waals surface area (Å²) in [5.74, 6) is 0.201. The Bertz CT molecular complexity index is 1220. The van der Waals surface area contributed by atoms with Gasteiger partial charge in [-0.1, -0.05) is 28.9 Å². The van der Waals surface area contributed by atoms with E-state index in [1.54, 1.807) is 48.5 Å².